The molecule has 4 saturated carbocycles. The van der Waals surface area contributed by atoms with Crippen LogP contribution < -0.4 is 16.0 Å². The van der Waals surface area contributed by atoms with E-state index in [0.29, 0.717) is 18.7 Å². The second-order valence-electron chi connectivity index (χ2n) is 12.1. The Hall–Kier alpha value is -2.39. The predicted octanol–water partition coefficient (Wildman–Crippen LogP) is 4.25. The van der Waals surface area contributed by atoms with Crippen molar-refractivity contribution in [3.8, 4) is 0 Å². The first-order valence-corrected chi connectivity index (χ1v) is 14.9. The fraction of sp³-hybridized carbons (Fsp3) is 0.733. The van der Waals surface area contributed by atoms with Crippen LogP contribution in [0.3, 0.4) is 0 Å². The molecule has 1 aromatic rings. The monoisotopic (exact) mass is 544 g/mol. The van der Waals surface area contributed by atoms with Crippen molar-refractivity contribution in [1.29, 1.82) is 0 Å². The largest absolute Gasteiger partial charge is 0.447 e. The third-order valence-corrected chi connectivity index (χ3v) is 9.76. The van der Waals surface area contributed by atoms with Gasteiger partial charge in [0.05, 0.1) is 13.2 Å². The lowest BCUT2D eigenvalue weighted by Crippen LogP contribution is -2.51. The van der Waals surface area contributed by atoms with Crippen LogP contribution >= 0.6 is 0 Å². The number of carbonyl (C=O) groups excluding carboxylic acids is 2. The van der Waals surface area contributed by atoms with Gasteiger partial charge in [0.2, 0.25) is 0 Å². The van der Waals surface area contributed by atoms with E-state index in [1.165, 1.54) is 38.8 Å². The summed E-state index contributed by atoms with van der Waals surface area (Å²) < 4.78 is 25.8. The lowest BCUT2D eigenvalue weighted by molar-refractivity contribution is 0.0648. The third kappa shape index (κ3) is 6.51. The Morgan fingerprint density at radius 2 is 1.97 bits per heavy atom. The normalized spacial score (nSPS) is 29.9. The van der Waals surface area contributed by atoms with Crippen molar-refractivity contribution in [3.63, 3.8) is 0 Å². The highest BCUT2D eigenvalue weighted by Crippen LogP contribution is 2.62. The van der Waals surface area contributed by atoms with Gasteiger partial charge in [0.1, 0.15) is 12.4 Å². The smallest absolute Gasteiger partial charge is 0.406 e. The summed E-state index contributed by atoms with van der Waals surface area (Å²) in [7, 11) is 3.45. The maximum absolute atomic E-state index is 15.1. The molecule has 0 aromatic heterocycles. The molecule has 7 unspecified atom stereocenters. The average Bonchev–Trinajstić information content (AvgIpc) is 3.35. The molecule has 39 heavy (non-hydrogen) atoms. The standard InChI is InChI=1S/C30H45FN4O4/c1-32-16-24(15-26-23-12-19-11-22(14-23)25(26)13-19)34-29(36)35-8-4-6-20(17-35)28-21(5-3-7-27(28)31)18-38-9-10-39-30(37)33-2/h3,5,7,19-20,22-26,32H,4,6,8-18H2,1-2H3,(H,33,37)(H,34,36). The Kier molecular flexibility index (Phi) is 9.28. The zero-order valence-corrected chi connectivity index (χ0v) is 23.4. The van der Waals surface area contributed by atoms with Crippen molar-refractivity contribution in [2.45, 2.75) is 63.5 Å². The van der Waals surface area contributed by atoms with E-state index in [2.05, 4.69) is 16.0 Å². The Morgan fingerprint density at radius 1 is 1.13 bits per heavy atom. The molecule has 1 heterocycles. The molecule has 5 aliphatic rings. The van der Waals surface area contributed by atoms with Gasteiger partial charge in [-0.3, -0.25) is 0 Å². The Bertz CT molecular complexity index is 1010. The van der Waals surface area contributed by atoms with E-state index >= 15 is 4.39 Å². The van der Waals surface area contributed by atoms with E-state index in [4.69, 9.17) is 9.47 Å². The predicted molar refractivity (Wildman–Crippen MR) is 147 cm³/mol. The van der Waals surface area contributed by atoms with E-state index in [1.54, 1.807) is 6.07 Å². The molecule has 7 atom stereocenters. The number of benzene rings is 1. The number of piperidine rings is 1. The van der Waals surface area contributed by atoms with Gasteiger partial charge in [-0.25, -0.2) is 14.0 Å². The number of hydrogen-bond donors (Lipinski definition) is 3. The molecule has 4 aliphatic carbocycles. The minimum atomic E-state index is -0.509. The topological polar surface area (TPSA) is 91.9 Å². The van der Waals surface area contributed by atoms with Crippen LogP contribution in [0.15, 0.2) is 18.2 Å². The minimum Gasteiger partial charge on any atom is -0.447 e. The number of nitrogens with zero attached hydrogens (tertiary/aromatic N) is 1. The van der Waals surface area contributed by atoms with Crippen molar-refractivity contribution in [2.75, 3.05) is 46.9 Å². The van der Waals surface area contributed by atoms with Crippen LogP contribution in [0.5, 0.6) is 0 Å². The number of rotatable bonds is 11. The van der Waals surface area contributed by atoms with Gasteiger partial charge >= 0.3 is 12.1 Å². The van der Waals surface area contributed by atoms with E-state index < -0.39 is 6.09 Å². The number of nitrogens with one attached hydrogen (secondary N) is 3. The number of hydrogen-bond acceptors (Lipinski definition) is 5. The van der Waals surface area contributed by atoms with Crippen LogP contribution in [0.25, 0.3) is 0 Å². The molecule has 9 heteroatoms. The number of likely N-dealkylation sites (N-methyl/N-ethyl adjacent to an activating group) is 1. The summed E-state index contributed by atoms with van der Waals surface area (Å²) in [5.74, 6) is 3.99. The van der Waals surface area contributed by atoms with Crippen molar-refractivity contribution in [2.24, 2.45) is 29.6 Å². The Labute approximate surface area is 231 Å². The summed E-state index contributed by atoms with van der Waals surface area (Å²) >= 11 is 0. The van der Waals surface area contributed by atoms with Crippen LogP contribution in [0.4, 0.5) is 14.0 Å². The zero-order valence-electron chi connectivity index (χ0n) is 23.4. The number of likely N-dealkylation sites (tertiary alicyclic amines) is 1. The molecule has 1 aromatic carbocycles. The second-order valence-corrected chi connectivity index (χ2v) is 12.1. The molecule has 8 nitrogen and oxygen atoms in total. The summed E-state index contributed by atoms with van der Waals surface area (Å²) in [5.41, 5.74) is 1.41. The van der Waals surface area contributed by atoms with E-state index in [-0.39, 0.29) is 43.6 Å². The van der Waals surface area contributed by atoms with Gasteiger partial charge in [-0.05, 0) is 98.8 Å². The molecule has 6 rings (SSSR count). The molecule has 1 aliphatic heterocycles. The summed E-state index contributed by atoms with van der Waals surface area (Å²) in [5, 5.41) is 9.04. The van der Waals surface area contributed by atoms with Gasteiger partial charge < -0.3 is 30.3 Å². The first-order chi connectivity index (χ1) is 19.0. The third-order valence-electron chi connectivity index (χ3n) is 9.76. The van der Waals surface area contributed by atoms with Gasteiger partial charge in [0.15, 0.2) is 0 Å². The van der Waals surface area contributed by atoms with Crippen LogP contribution in [0, 0.1) is 35.4 Å². The number of amides is 3. The molecule has 4 bridgehead atoms. The summed E-state index contributed by atoms with van der Waals surface area (Å²) in [6.07, 6.45) is 7.83. The number of urea groups is 1. The average molecular weight is 545 g/mol. The minimum absolute atomic E-state index is 0.0344. The Morgan fingerprint density at radius 3 is 2.77 bits per heavy atom. The van der Waals surface area contributed by atoms with Gasteiger partial charge in [-0.1, -0.05) is 12.1 Å². The summed E-state index contributed by atoms with van der Waals surface area (Å²) in [4.78, 5) is 26.5. The molecule has 3 N–H and O–H groups in total. The van der Waals surface area contributed by atoms with Gasteiger partial charge in [0, 0.05) is 38.6 Å². The molecule has 3 amide bonds. The summed E-state index contributed by atoms with van der Waals surface area (Å²) in [6.45, 7) is 2.52. The lowest BCUT2D eigenvalue weighted by Gasteiger charge is -2.37. The molecular formula is C30H45FN4O4. The van der Waals surface area contributed by atoms with Crippen molar-refractivity contribution in [1.82, 2.24) is 20.9 Å². The molecular weight excluding hydrogens is 499 g/mol. The van der Waals surface area contributed by atoms with Crippen LogP contribution in [0.2, 0.25) is 0 Å². The SMILES string of the molecule is CNCC(CC1C2CC3CC(C2)C1C3)NC(=O)N1CCCC(c2c(F)cccc2COCCOC(=O)NC)C1. The number of halogens is 1. The highest BCUT2D eigenvalue weighted by Gasteiger charge is 2.53. The lowest BCUT2D eigenvalue weighted by atomic mass is 9.73. The fourth-order valence-corrected chi connectivity index (χ4v) is 8.29. The van der Waals surface area contributed by atoms with E-state index in [9.17, 15) is 9.59 Å². The number of carbonyl (C=O) groups is 2. The molecule has 0 spiro atoms. The first-order valence-electron chi connectivity index (χ1n) is 14.9. The van der Waals surface area contributed by atoms with Gasteiger partial charge in [-0.2, -0.15) is 0 Å². The number of ether oxygens (including phenoxy) is 2. The highest BCUT2D eigenvalue weighted by molar-refractivity contribution is 5.74. The van der Waals surface area contributed by atoms with Gasteiger partial charge in [-0.15, -0.1) is 0 Å². The molecule has 0 radical (unpaired) electrons. The fourth-order valence-electron chi connectivity index (χ4n) is 8.29. The zero-order chi connectivity index (χ0) is 27.4. The van der Waals surface area contributed by atoms with Crippen molar-refractivity contribution >= 4 is 12.1 Å². The van der Waals surface area contributed by atoms with Crippen LogP contribution in [0.1, 0.15) is 62.0 Å². The number of alkyl carbamates (subject to hydrolysis) is 1. The van der Waals surface area contributed by atoms with Crippen molar-refractivity contribution < 1.29 is 23.5 Å². The van der Waals surface area contributed by atoms with Crippen molar-refractivity contribution in [3.05, 3.63) is 35.1 Å². The van der Waals surface area contributed by atoms with Gasteiger partial charge in [0.25, 0.3) is 0 Å². The molecule has 216 valence electrons. The second kappa shape index (κ2) is 12.9. The first kappa shape index (κ1) is 28.1. The molecule has 5 fully saturated rings. The summed E-state index contributed by atoms with van der Waals surface area (Å²) in [6, 6.07) is 5.13. The van der Waals surface area contributed by atoms with E-state index in [0.717, 1.165) is 61.0 Å². The van der Waals surface area contributed by atoms with E-state index in [1.807, 2.05) is 18.0 Å². The van der Waals surface area contributed by atoms with Crippen LogP contribution in [-0.2, 0) is 16.1 Å². The Balaban J connectivity index is 1.17. The van der Waals surface area contributed by atoms with Crippen LogP contribution in [-0.4, -0.2) is 70.0 Å². The maximum atomic E-state index is 15.1. The molecule has 1 saturated heterocycles. The highest BCUT2D eigenvalue weighted by atomic mass is 19.1. The quantitative estimate of drug-likeness (QED) is 0.363. The maximum Gasteiger partial charge on any atom is 0.406 e.